The topological polar surface area (TPSA) is 103 Å². The molecule has 0 saturated carbocycles. The zero-order valence-corrected chi connectivity index (χ0v) is 21.0. The Morgan fingerprint density at radius 1 is 1.23 bits per heavy atom. The molecule has 0 fully saturated rings. The average Bonchev–Trinajstić information content (AvgIpc) is 2.94. The number of anilines is 1. The fourth-order valence-corrected chi connectivity index (χ4v) is 4.10. The van der Waals surface area contributed by atoms with E-state index >= 15 is 0 Å². The van der Waals surface area contributed by atoms with E-state index < -0.39 is 10.0 Å². The third-order valence-electron chi connectivity index (χ3n) is 5.08. The minimum atomic E-state index is -3.43. The molecule has 1 aromatic heterocycles. The molecule has 0 bridgehead atoms. The van der Waals surface area contributed by atoms with Crippen LogP contribution in [0.4, 0.5) is 5.69 Å². The van der Waals surface area contributed by atoms with Crippen molar-refractivity contribution in [3.8, 4) is 0 Å². The van der Waals surface area contributed by atoms with Gasteiger partial charge in [-0.25, -0.2) is 13.4 Å². The first-order chi connectivity index (χ1) is 13.9. The Labute approximate surface area is 194 Å². The lowest BCUT2D eigenvalue weighted by atomic mass is 9.84. The van der Waals surface area contributed by atoms with Crippen molar-refractivity contribution in [1.29, 1.82) is 5.41 Å². The van der Waals surface area contributed by atoms with Gasteiger partial charge in [-0.1, -0.05) is 33.8 Å². The number of ketones is 1. The van der Waals surface area contributed by atoms with Gasteiger partial charge < -0.3 is 4.90 Å². The third-order valence-corrected chi connectivity index (χ3v) is 5.67. The molecule has 0 atom stereocenters. The Bertz CT molecular complexity index is 1120. The first kappa shape index (κ1) is 25.0. The summed E-state index contributed by atoms with van der Waals surface area (Å²) in [6.45, 7) is 8.47. The van der Waals surface area contributed by atoms with Crippen LogP contribution < -0.4 is 4.72 Å². The van der Waals surface area contributed by atoms with Crippen molar-refractivity contribution in [2.24, 2.45) is 0 Å². The molecule has 2 N–H and O–H groups in total. The van der Waals surface area contributed by atoms with Crippen LogP contribution in [0.15, 0.2) is 30.3 Å². The molecule has 2 aromatic rings. The number of carbonyl (C=O) groups is 1. The van der Waals surface area contributed by atoms with Gasteiger partial charge in [0.25, 0.3) is 0 Å². The van der Waals surface area contributed by atoms with Crippen LogP contribution in [0.25, 0.3) is 0 Å². The molecule has 1 aromatic carbocycles. The van der Waals surface area contributed by atoms with Gasteiger partial charge in [0.15, 0.2) is 5.78 Å². The zero-order valence-electron chi connectivity index (χ0n) is 18.4. The highest BCUT2D eigenvalue weighted by Crippen LogP contribution is 2.31. The number of fused-ring (bicyclic) bond motifs is 1. The second-order valence-corrected chi connectivity index (χ2v) is 10.4. The minimum absolute atomic E-state index is 0. The van der Waals surface area contributed by atoms with E-state index in [9.17, 15) is 13.2 Å². The molecule has 0 spiro atoms. The highest BCUT2D eigenvalue weighted by atomic mass is 79.9. The maximum absolute atomic E-state index is 13.0. The molecule has 7 nitrogen and oxygen atoms in total. The predicted molar refractivity (Wildman–Crippen MR) is 129 cm³/mol. The lowest BCUT2D eigenvalue weighted by Crippen LogP contribution is -2.30. The summed E-state index contributed by atoms with van der Waals surface area (Å²) in [5.74, 6) is 0.139. The Morgan fingerprint density at radius 3 is 2.48 bits per heavy atom. The summed E-state index contributed by atoms with van der Waals surface area (Å²) in [6, 6.07) is 8.94. The molecule has 0 saturated heterocycles. The van der Waals surface area contributed by atoms with Crippen molar-refractivity contribution < 1.29 is 13.2 Å². The number of nitrogens with one attached hydrogen (secondary N) is 2. The summed E-state index contributed by atoms with van der Waals surface area (Å²) < 4.78 is 25.9. The summed E-state index contributed by atoms with van der Waals surface area (Å²) in [6.07, 6.45) is 1.90. The van der Waals surface area contributed by atoms with Gasteiger partial charge in [0.1, 0.15) is 11.5 Å². The van der Waals surface area contributed by atoms with Gasteiger partial charge in [-0.15, -0.1) is 17.0 Å². The number of rotatable bonds is 6. The number of pyridine rings is 1. The van der Waals surface area contributed by atoms with Crippen molar-refractivity contribution in [3.63, 3.8) is 0 Å². The average molecular weight is 509 g/mol. The van der Waals surface area contributed by atoms with Gasteiger partial charge in [-0.2, -0.15) is 0 Å². The van der Waals surface area contributed by atoms with E-state index in [0.29, 0.717) is 23.5 Å². The smallest absolute Gasteiger partial charge is 0.229 e. The van der Waals surface area contributed by atoms with E-state index in [4.69, 9.17) is 5.41 Å². The molecule has 31 heavy (non-hydrogen) atoms. The standard InChI is InChI=1S/C22H28N4O3S.BrH/c1-6-16-9-7-15-12-26(21(23)20(15)24-16)13-19(27)14-8-10-18(25-30(5,28)29)17(11-14)22(2,3)4;/h7-11,23,25H,6,12-13H2,1-5H3;1H. The summed E-state index contributed by atoms with van der Waals surface area (Å²) in [5, 5.41) is 8.42. The van der Waals surface area contributed by atoms with Crippen LogP contribution in [0.2, 0.25) is 0 Å². The van der Waals surface area contributed by atoms with Crippen LogP contribution in [-0.4, -0.2) is 42.7 Å². The monoisotopic (exact) mass is 508 g/mol. The second-order valence-electron chi connectivity index (χ2n) is 8.68. The van der Waals surface area contributed by atoms with Crippen LogP contribution in [-0.2, 0) is 28.4 Å². The molecule has 3 rings (SSSR count). The molecule has 0 unspecified atom stereocenters. The third kappa shape index (κ3) is 5.71. The quantitative estimate of drug-likeness (QED) is 0.575. The van der Waals surface area contributed by atoms with Crippen molar-refractivity contribution >= 4 is 44.3 Å². The first-order valence-corrected chi connectivity index (χ1v) is 11.8. The molecule has 168 valence electrons. The van der Waals surface area contributed by atoms with Crippen molar-refractivity contribution in [2.75, 3.05) is 17.5 Å². The summed E-state index contributed by atoms with van der Waals surface area (Å²) in [4.78, 5) is 19.3. The van der Waals surface area contributed by atoms with Gasteiger partial charge in [-0.3, -0.25) is 14.9 Å². The highest BCUT2D eigenvalue weighted by molar-refractivity contribution is 8.93. The van der Waals surface area contributed by atoms with Crippen molar-refractivity contribution in [2.45, 2.75) is 46.1 Å². The number of hydrogen-bond donors (Lipinski definition) is 2. The van der Waals surface area contributed by atoms with Crippen LogP contribution >= 0.6 is 17.0 Å². The van der Waals surface area contributed by atoms with Gasteiger partial charge in [0.2, 0.25) is 10.0 Å². The van der Waals surface area contributed by atoms with Crippen LogP contribution in [0.1, 0.15) is 60.6 Å². The molecule has 9 heteroatoms. The van der Waals surface area contributed by atoms with E-state index in [1.54, 1.807) is 23.1 Å². The fraction of sp³-hybridized carbons (Fsp3) is 0.409. The maximum atomic E-state index is 13.0. The first-order valence-electron chi connectivity index (χ1n) is 9.87. The minimum Gasteiger partial charge on any atom is -0.343 e. The number of amidine groups is 1. The Hall–Kier alpha value is -2.26. The zero-order chi connectivity index (χ0) is 22.3. The van der Waals surface area contributed by atoms with Gasteiger partial charge in [-0.05, 0) is 41.7 Å². The van der Waals surface area contributed by atoms with Crippen molar-refractivity contribution in [3.05, 3.63) is 58.4 Å². The fourth-order valence-electron chi connectivity index (χ4n) is 3.52. The lowest BCUT2D eigenvalue weighted by molar-refractivity contribution is 0.0962. The SMILES string of the molecule is Br.CCc1ccc2c(n1)C(=N)N(CC(=O)c1ccc(NS(C)(=O)=O)c(C(C)(C)C)c1)C2. The van der Waals surface area contributed by atoms with E-state index in [1.807, 2.05) is 39.8 Å². The molecule has 0 amide bonds. The number of carbonyl (C=O) groups excluding carboxylic acids is 1. The number of aromatic nitrogens is 1. The number of hydrogen-bond acceptors (Lipinski definition) is 5. The van der Waals surface area contributed by atoms with Crippen LogP contribution in [0.3, 0.4) is 0 Å². The van der Waals surface area contributed by atoms with Crippen LogP contribution in [0.5, 0.6) is 0 Å². The van der Waals surface area contributed by atoms with E-state index in [-0.39, 0.29) is 40.6 Å². The summed E-state index contributed by atoms with van der Waals surface area (Å²) in [5.41, 5.74) is 3.87. The number of Topliss-reactive ketones (excluding diaryl/α,β-unsaturated/α-hetero) is 1. The number of benzene rings is 1. The molecule has 0 radical (unpaired) electrons. The Balaban J connectivity index is 0.00000341. The normalized spacial score (nSPS) is 13.6. The predicted octanol–water partition coefficient (Wildman–Crippen LogP) is 3.91. The number of nitrogens with zero attached hydrogens (tertiary/aromatic N) is 2. The molecule has 1 aliphatic rings. The van der Waals surface area contributed by atoms with Gasteiger partial charge in [0, 0.05) is 23.4 Å². The summed E-state index contributed by atoms with van der Waals surface area (Å²) >= 11 is 0. The molecule has 1 aliphatic heterocycles. The molecular weight excluding hydrogens is 480 g/mol. The Kier molecular flexibility index (Phi) is 7.32. The number of sulfonamides is 1. The number of halogens is 1. The van der Waals surface area contributed by atoms with Gasteiger partial charge >= 0.3 is 0 Å². The van der Waals surface area contributed by atoms with Crippen molar-refractivity contribution in [1.82, 2.24) is 9.88 Å². The summed E-state index contributed by atoms with van der Waals surface area (Å²) in [7, 11) is -3.43. The van der Waals surface area contributed by atoms with Gasteiger partial charge in [0.05, 0.1) is 18.5 Å². The van der Waals surface area contributed by atoms with E-state index in [1.165, 1.54) is 0 Å². The largest absolute Gasteiger partial charge is 0.343 e. The maximum Gasteiger partial charge on any atom is 0.229 e. The van der Waals surface area contributed by atoms with E-state index in [0.717, 1.165) is 29.5 Å². The second kappa shape index (κ2) is 9.08. The highest BCUT2D eigenvalue weighted by Gasteiger charge is 2.28. The molecule has 0 aliphatic carbocycles. The van der Waals surface area contributed by atoms with Crippen LogP contribution in [0, 0.1) is 5.41 Å². The number of aryl methyl sites for hydroxylation is 1. The molecule has 2 heterocycles. The molecular formula is C22H29BrN4O3S. The Morgan fingerprint density at radius 2 is 1.90 bits per heavy atom. The lowest BCUT2D eigenvalue weighted by Gasteiger charge is -2.24. The van der Waals surface area contributed by atoms with E-state index in [2.05, 4.69) is 9.71 Å².